The van der Waals surface area contributed by atoms with Crippen molar-refractivity contribution in [1.29, 1.82) is 0 Å². The van der Waals surface area contributed by atoms with Crippen LogP contribution in [-0.2, 0) is 10.0 Å². The number of para-hydroxylation sites is 1. The third-order valence-electron chi connectivity index (χ3n) is 3.84. The molecule has 0 bridgehead atoms. The second-order valence-electron chi connectivity index (χ2n) is 5.22. The Bertz CT molecular complexity index is 1030. The van der Waals surface area contributed by atoms with Crippen molar-refractivity contribution in [2.75, 3.05) is 0 Å². The van der Waals surface area contributed by atoms with Crippen LogP contribution in [0.2, 0.25) is 0 Å². The van der Waals surface area contributed by atoms with Gasteiger partial charge in [0.25, 0.3) is 10.0 Å². The third kappa shape index (κ3) is 1.77. The lowest BCUT2D eigenvalue weighted by atomic mass is 9.99. The lowest BCUT2D eigenvalue weighted by molar-refractivity contribution is 0.583. The highest BCUT2D eigenvalue weighted by Crippen LogP contribution is 2.29. The summed E-state index contributed by atoms with van der Waals surface area (Å²) in [7, 11) is -3.58. The molecule has 0 saturated carbocycles. The van der Waals surface area contributed by atoms with Gasteiger partial charge in [-0.3, -0.25) is 0 Å². The van der Waals surface area contributed by atoms with Gasteiger partial charge in [0.1, 0.15) is 5.71 Å². The molecular formula is C16H13N3O2S. The molecule has 2 heterocycles. The summed E-state index contributed by atoms with van der Waals surface area (Å²) in [6, 6.07) is 14.8. The predicted molar refractivity (Wildman–Crippen MR) is 85.4 cm³/mol. The molecule has 0 aliphatic carbocycles. The zero-order chi connectivity index (χ0) is 15.3. The molecule has 0 saturated heterocycles. The van der Waals surface area contributed by atoms with Gasteiger partial charge in [0.15, 0.2) is 0 Å². The molecule has 0 amide bonds. The Morgan fingerprint density at radius 2 is 1.73 bits per heavy atom. The van der Waals surface area contributed by atoms with Crippen LogP contribution in [0.15, 0.2) is 58.5 Å². The summed E-state index contributed by atoms with van der Waals surface area (Å²) in [6.07, 6.45) is 0. The van der Waals surface area contributed by atoms with Gasteiger partial charge in [-0.05, 0) is 19.1 Å². The van der Waals surface area contributed by atoms with Gasteiger partial charge in [-0.25, -0.2) is 0 Å². The van der Waals surface area contributed by atoms with Gasteiger partial charge in [-0.15, -0.1) is 0 Å². The van der Waals surface area contributed by atoms with E-state index in [0.717, 1.165) is 22.2 Å². The summed E-state index contributed by atoms with van der Waals surface area (Å²) in [4.78, 5) is 5.86. The lowest BCUT2D eigenvalue weighted by Crippen LogP contribution is -2.28. The largest absolute Gasteiger partial charge is 0.358 e. The standard InChI is InChI=1S/C16H13N3O2S/c1-10-15(11-6-2-4-8-13(11)17-10)16-12-7-3-5-9-14(12)22(20,21)19-18-16/h2-9,17,19H,1H3. The molecule has 1 aromatic heterocycles. The highest BCUT2D eigenvalue weighted by Gasteiger charge is 2.28. The summed E-state index contributed by atoms with van der Waals surface area (Å²) in [5.41, 5.74) is 4.14. The zero-order valence-electron chi connectivity index (χ0n) is 11.8. The van der Waals surface area contributed by atoms with Crippen molar-refractivity contribution in [2.45, 2.75) is 11.8 Å². The molecule has 2 N–H and O–H groups in total. The van der Waals surface area contributed by atoms with Gasteiger partial charge < -0.3 is 4.98 Å². The van der Waals surface area contributed by atoms with E-state index in [1.807, 2.05) is 37.3 Å². The summed E-state index contributed by atoms with van der Waals surface area (Å²) in [5, 5.41) is 5.16. The van der Waals surface area contributed by atoms with Crippen molar-refractivity contribution in [3.05, 3.63) is 65.4 Å². The van der Waals surface area contributed by atoms with Gasteiger partial charge in [0, 0.05) is 27.7 Å². The van der Waals surface area contributed by atoms with Crippen molar-refractivity contribution in [1.82, 2.24) is 9.82 Å². The number of nitrogens with one attached hydrogen (secondary N) is 2. The molecule has 4 rings (SSSR count). The fourth-order valence-corrected chi connectivity index (χ4v) is 3.91. The van der Waals surface area contributed by atoms with E-state index >= 15 is 0 Å². The van der Waals surface area contributed by atoms with Crippen LogP contribution in [0, 0.1) is 6.92 Å². The number of hydrazone groups is 1. The van der Waals surface area contributed by atoms with E-state index in [2.05, 4.69) is 14.9 Å². The van der Waals surface area contributed by atoms with Crippen LogP contribution < -0.4 is 4.83 Å². The fraction of sp³-hybridized carbons (Fsp3) is 0.0625. The van der Waals surface area contributed by atoms with Crippen LogP contribution in [0.3, 0.4) is 0 Å². The minimum absolute atomic E-state index is 0.254. The Hall–Kier alpha value is -2.60. The predicted octanol–water partition coefficient (Wildman–Crippen LogP) is 2.52. The Morgan fingerprint density at radius 3 is 2.59 bits per heavy atom. The first-order chi connectivity index (χ1) is 10.6. The average Bonchev–Trinajstić information content (AvgIpc) is 2.84. The number of H-pyrrole nitrogens is 1. The summed E-state index contributed by atoms with van der Waals surface area (Å²) >= 11 is 0. The smallest absolute Gasteiger partial charge is 0.277 e. The van der Waals surface area contributed by atoms with Crippen LogP contribution in [0.1, 0.15) is 16.8 Å². The number of sulfonamides is 1. The van der Waals surface area contributed by atoms with E-state index in [4.69, 9.17) is 0 Å². The molecule has 0 fully saturated rings. The first-order valence-corrected chi connectivity index (χ1v) is 8.33. The molecule has 1 aliphatic rings. The van der Waals surface area contributed by atoms with E-state index in [9.17, 15) is 8.42 Å². The molecule has 5 nitrogen and oxygen atoms in total. The topological polar surface area (TPSA) is 74.3 Å². The first-order valence-electron chi connectivity index (χ1n) is 6.84. The van der Waals surface area contributed by atoms with Crippen molar-refractivity contribution >= 4 is 26.6 Å². The summed E-state index contributed by atoms with van der Waals surface area (Å²) < 4.78 is 24.2. The summed E-state index contributed by atoms with van der Waals surface area (Å²) in [6.45, 7) is 1.96. The van der Waals surface area contributed by atoms with Gasteiger partial charge in [-0.1, -0.05) is 36.4 Å². The van der Waals surface area contributed by atoms with Gasteiger partial charge in [0.2, 0.25) is 0 Å². The molecule has 110 valence electrons. The van der Waals surface area contributed by atoms with E-state index in [0.29, 0.717) is 11.3 Å². The number of nitrogens with zero attached hydrogens (tertiary/aromatic N) is 1. The molecule has 0 spiro atoms. The highest BCUT2D eigenvalue weighted by molar-refractivity contribution is 7.89. The van der Waals surface area contributed by atoms with Crippen molar-refractivity contribution < 1.29 is 8.42 Å². The number of fused-ring (bicyclic) bond motifs is 2. The highest BCUT2D eigenvalue weighted by atomic mass is 32.2. The molecule has 22 heavy (non-hydrogen) atoms. The van der Waals surface area contributed by atoms with Crippen LogP contribution in [0.25, 0.3) is 10.9 Å². The van der Waals surface area contributed by atoms with E-state index in [1.54, 1.807) is 18.2 Å². The van der Waals surface area contributed by atoms with Crippen molar-refractivity contribution in [3.8, 4) is 0 Å². The number of aryl methyl sites for hydroxylation is 1. The molecule has 0 radical (unpaired) electrons. The van der Waals surface area contributed by atoms with Gasteiger partial charge >= 0.3 is 0 Å². The van der Waals surface area contributed by atoms with E-state index in [-0.39, 0.29) is 4.90 Å². The van der Waals surface area contributed by atoms with Crippen LogP contribution >= 0.6 is 0 Å². The van der Waals surface area contributed by atoms with Crippen LogP contribution in [0.4, 0.5) is 0 Å². The third-order valence-corrected chi connectivity index (χ3v) is 5.11. The Morgan fingerprint density at radius 1 is 1.00 bits per heavy atom. The van der Waals surface area contributed by atoms with Gasteiger partial charge in [-0.2, -0.15) is 18.4 Å². The number of aromatic amines is 1. The lowest BCUT2D eigenvalue weighted by Gasteiger charge is -2.18. The van der Waals surface area contributed by atoms with Crippen molar-refractivity contribution in [2.24, 2.45) is 5.10 Å². The minimum atomic E-state index is -3.58. The molecule has 0 unspecified atom stereocenters. The summed E-state index contributed by atoms with van der Waals surface area (Å²) in [5.74, 6) is 0. The van der Waals surface area contributed by atoms with E-state index in [1.165, 1.54) is 0 Å². The monoisotopic (exact) mass is 311 g/mol. The number of hydrogen-bond acceptors (Lipinski definition) is 3. The van der Waals surface area contributed by atoms with E-state index < -0.39 is 10.0 Å². The molecular weight excluding hydrogens is 298 g/mol. The fourth-order valence-electron chi connectivity index (χ4n) is 2.88. The normalized spacial score (nSPS) is 16.0. The molecule has 2 aromatic carbocycles. The molecule has 0 atom stereocenters. The number of benzene rings is 2. The van der Waals surface area contributed by atoms with Gasteiger partial charge in [0.05, 0.1) is 4.90 Å². The maximum Gasteiger partial charge on any atom is 0.277 e. The zero-order valence-corrected chi connectivity index (χ0v) is 12.6. The maximum atomic E-state index is 12.1. The average molecular weight is 311 g/mol. The second-order valence-corrected chi connectivity index (χ2v) is 6.85. The SMILES string of the molecule is Cc1[nH]c2ccccc2c1C1=NNS(=O)(=O)c2ccccc21. The Kier molecular flexibility index (Phi) is 2.65. The second kappa shape index (κ2) is 4.45. The molecule has 1 aliphatic heterocycles. The van der Waals surface area contributed by atoms with Crippen LogP contribution in [-0.4, -0.2) is 19.1 Å². The van der Waals surface area contributed by atoms with Crippen LogP contribution in [0.5, 0.6) is 0 Å². The van der Waals surface area contributed by atoms with Crippen molar-refractivity contribution in [3.63, 3.8) is 0 Å². The Balaban J connectivity index is 2.05. The number of aromatic nitrogens is 1. The quantitative estimate of drug-likeness (QED) is 0.724. The molecule has 3 aromatic rings. The minimum Gasteiger partial charge on any atom is -0.358 e. The first kappa shape index (κ1) is 13.1. The number of rotatable bonds is 1. The number of hydrogen-bond donors (Lipinski definition) is 2. The Labute approximate surface area is 127 Å². The molecule has 6 heteroatoms. The maximum absolute atomic E-state index is 12.1.